The molecule has 0 bridgehead atoms. The second-order valence-corrected chi connectivity index (χ2v) is 4.02. The van der Waals surface area contributed by atoms with Gasteiger partial charge in [0.2, 0.25) is 0 Å². The van der Waals surface area contributed by atoms with Crippen LogP contribution in [0, 0.1) is 0 Å². The number of benzene rings is 1. The molecule has 0 heterocycles. The highest BCUT2D eigenvalue weighted by Crippen LogP contribution is 2.17. The summed E-state index contributed by atoms with van der Waals surface area (Å²) in [6, 6.07) is 7.80. The molecule has 0 atom stereocenters. The predicted octanol–water partition coefficient (Wildman–Crippen LogP) is 2.98. The SMILES string of the molecule is CCCOc1ccc(OCCCCCN)cc1. The first-order valence-electron chi connectivity index (χ1n) is 6.42. The molecule has 1 rings (SSSR count). The minimum atomic E-state index is 0.759. The van der Waals surface area contributed by atoms with Gasteiger partial charge in [0, 0.05) is 0 Å². The Balaban J connectivity index is 2.20. The summed E-state index contributed by atoms with van der Waals surface area (Å²) in [5.74, 6) is 1.81. The maximum absolute atomic E-state index is 5.62. The van der Waals surface area contributed by atoms with Gasteiger partial charge in [0.1, 0.15) is 11.5 Å². The Morgan fingerprint density at radius 1 is 0.882 bits per heavy atom. The molecule has 0 aromatic heterocycles. The molecule has 0 fully saturated rings. The zero-order valence-corrected chi connectivity index (χ0v) is 10.7. The fourth-order valence-electron chi connectivity index (χ4n) is 1.47. The molecule has 0 aliphatic rings. The van der Waals surface area contributed by atoms with Crippen LogP contribution in [0.2, 0.25) is 0 Å². The average molecular weight is 237 g/mol. The van der Waals surface area contributed by atoms with Gasteiger partial charge in [0.05, 0.1) is 13.2 Å². The second kappa shape index (κ2) is 8.88. The van der Waals surface area contributed by atoms with E-state index in [2.05, 4.69) is 6.92 Å². The third-order valence-electron chi connectivity index (χ3n) is 2.41. The molecule has 1 aromatic carbocycles. The van der Waals surface area contributed by atoms with E-state index in [9.17, 15) is 0 Å². The summed E-state index contributed by atoms with van der Waals surface area (Å²) in [4.78, 5) is 0. The smallest absolute Gasteiger partial charge is 0.119 e. The van der Waals surface area contributed by atoms with Gasteiger partial charge in [-0.3, -0.25) is 0 Å². The maximum atomic E-state index is 5.62. The summed E-state index contributed by atoms with van der Waals surface area (Å²) < 4.78 is 11.1. The van der Waals surface area contributed by atoms with Crippen molar-refractivity contribution in [3.05, 3.63) is 24.3 Å². The van der Waals surface area contributed by atoms with Crippen molar-refractivity contribution in [2.24, 2.45) is 5.73 Å². The predicted molar refractivity (Wildman–Crippen MR) is 70.6 cm³/mol. The van der Waals surface area contributed by atoms with Gasteiger partial charge in [-0.05, 0) is 56.5 Å². The summed E-state index contributed by atoms with van der Waals surface area (Å²) in [5.41, 5.74) is 5.42. The lowest BCUT2D eigenvalue weighted by molar-refractivity contribution is 0.301. The first-order chi connectivity index (χ1) is 8.36. The molecule has 0 saturated carbocycles. The molecule has 2 N–H and O–H groups in total. The van der Waals surface area contributed by atoms with Crippen molar-refractivity contribution >= 4 is 0 Å². The summed E-state index contributed by atoms with van der Waals surface area (Å²) in [5, 5.41) is 0. The zero-order chi connectivity index (χ0) is 12.3. The number of hydrogen-bond acceptors (Lipinski definition) is 3. The van der Waals surface area contributed by atoms with Crippen LogP contribution in [0.3, 0.4) is 0 Å². The van der Waals surface area contributed by atoms with Gasteiger partial charge in [0.25, 0.3) is 0 Å². The third-order valence-corrected chi connectivity index (χ3v) is 2.41. The Kier molecular flexibility index (Phi) is 7.23. The quantitative estimate of drug-likeness (QED) is 0.671. The molecule has 96 valence electrons. The van der Waals surface area contributed by atoms with Gasteiger partial charge in [-0.25, -0.2) is 0 Å². The minimum Gasteiger partial charge on any atom is -0.494 e. The van der Waals surface area contributed by atoms with Crippen molar-refractivity contribution in [2.75, 3.05) is 19.8 Å². The van der Waals surface area contributed by atoms with Crippen LogP contribution in [0.4, 0.5) is 0 Å². The van der Waals surface area contributed by atoms with Crippen LogP contribution in [0.1, 0.15) is 32.6 Å². The number of nitrogens with two attached hydrogens (primary N) is 1. The van der Waals surface area contributed by atoms with E-state index in [0.29, 0.717) is 0 Å². The van der Waals surface area contributed by atoms with Crippen LogP contribution in [-0.2, 0) is 0 Å². The van der Waals surface area contributed by atoms with Gasteiger partial charge in [-0.2, -0.15) is 0 Å². The summed E-state index contributed by atoms with van der Waals surface area (Å²) in [6.45, 7) is 4.39. The van der Waals surface area contributed by atoms with Crippen molar-refractivity contribution < 1.29 is 9.47 Å². The Bertz CT molecular complexity index is 285. The van der Waals surface area contributed by atoms with E-state index in [4.69, 9.17) is 15.2 Å². The van der Waals surface area contributed by atoms with E-state index in [-0.39, 0.29) is 0 Å². The summed E-state index contributed by atoms with van der Waals surface area (Å²) in [7, 11) is 0. The highest BCUT2D eigenvalue weighted by Gasteiger charge is 1.96. The van der Waals surface area contributed by atoms with Crippen LogP contribution in [0.5, 0.6) is 11.5 Å². The Morgan fingerprint density at radius 2 is 1.47 bits per heavy atom. The fourth-order valence-corrected chi connectivity index (χ4v) is 1.47. The first-order valence-corrected chi connectivity index (χ1v) is 6.42. The Labute approximate surface area is 104 Å². The minimum absolute atomic E-state index is 0.759. The molecular weight excluding hydrogens is 214 g/mol. The fraction of sp³-hybridized carbons (Fsp3) is 0.571. The second-order valence-electron chi connectivity index (χ2n) is 4.02. The molecule has 0 amide bonds. The van der Waals surface area contributed by atoms with Gasteiger partial charge >= 0.3 is 0 Å². The van der Waals surface area contributed by atoms with Crippen LogP contribution in [0.15, 0.2) is 24.3 Å². The topological polar surface area (TPSA) is 44.5 Å². The average Bonchev–Trinajstić information content (AvgIpc) is 2.37. The van der Waals surface area contributed by atoms with Gasteiger partial charge < -0.3 is 15.2 Å². The summed E-state index contributed by atoms with van der Waals surface area (Å²) >= 11 is 0. The van der Waals surface area contributed by atoms with E-state index >= 15 is 0 Å². The van der Waals surface area contributed by atoms with Crippen LogP contribution in [0.25, 0.3) is 0 Å². The van der Waals surface area contributed by atoms with Crippen molar-refractivity contribution in [1.29, 1.82) is 0 Å². The van der Waals surface area contributed by atoms with Crippen molar-refractivity contribution in [3.8, 4) is 11.5 Å². The third kappa shape index (κ3) is 6.17. The largest absolute Gasteiger partial charge is 0.494 e. The molecule has 3 nitrogen and oxygen atoms in total. The molecule has 17 heavy (non-hydrogen) atoms. The monoisotopic (exact) mass is 237 g/mol. The number of ether oxygens (including phenoxy) is 2. The van der Waals surface area contributed by atoms with Gasteiger partial charge in [-0.15, -0.1) is 0 Å². The highest BCUT2D eigenvalue weighted by atomic mass is 16.5. The van der Waals surface area contributed by atoms with Crippen molar-refractivity contribution in [2.45, 2.75) is 32.6 Å². The van der Waals surface area contributed by atoms with Gasteiger partial charge in [0.15, 0.2) is 0 Å². The Hall–Kier alpha value is -1.22. The van der Waals surface area contributed by atoms with Crippen molar-refractivity contribution in [3.63, 3.8) is 0 Å². The number of rotatable bonds is 9. The zero-order valence-electron chi connectivity index (χ0n) is 10.7. The molecule has 0 aliphatic heterocycles. The van der Waals surface area contributed by atoms with E-state index in [0.717, 1.165) is 56.9 Å². The molecule has 0 saturated heterocycles. The lowest BCUT2D eigenvalue weighted by Gasteiger charge is -2.08. The van der Waals surface area contributed by atoms with E-state index in [1.54, 1.807) is 0 Å². The number of unbranched alkanes of at least 4 members (excludes halogenated alkanes) is 2. The summed E-state index contributed by atoms with van der Waals surface area (Å²) in [6.07, 6.45) is 4.30. The molecule has 0 spiro atoms. The van der Waals surface area contributed by atoms with Crippen LogP contribution in [-0.4, -0.2) is 19.8 Å². The van der Waals surface area contributed by atoms with Crippen molar-refractivity contribution in [1.82, 2.24) is 0 Å². The highest BCUT2D eigenvalue weighted by molar-refractivity contribution is 5.31. The van der Waals surface area contributed by atoms with E-state index in [1.807, 2.05) is 24.3 Å². The molecule has 1 aromatic rings. The van der Waals surface area contributed by atoms with E-state index in [1.165, 1.54) is 0 Å². The molecule has 0 aliphatic carbocycles. The van der Waals surface area contributed by atoms with Crippen LogP contribution < -0.4 is 15.2 Å². The maximum Gasteiger partial charge on any atom is 0.119 e. The molecule has 0 radical (unpaired) electrons. The normalized spacial score (nSPS) is 10.2. The first kappa shape index (κ1) is 13.8. The lowest BCUT2D eigenvalue weighted by atomic mass is 10.2. The lowest BCUT2D eigenvalue weighted by Crippen LogP contribution is -2.01. The van der Waals surface area contributed by atoms with Gasteiger partial charge in [-0.1, -0.05) is 6.92 Å². The molecule has 0 unspecified atom stereocenters. The standard InChI is InChI=1S/C14H23NO2/c1-2-11-16-13-6-8-14(9-7-13)17-12-5-3-4-10-15/h6-9H,2-5,10-12,15H2,1H3. The molecular formula is C14H23NO2. The molecule has 3 heteroatoms. The van der Waals surface area contributed by atoms with E-state index < -0.39 is 0 Å². The van der Waals surface area contributed by atoms with Crippen LogP contribution >= 0.6 is 0 Å². The Morgan fingerprint density at radius 3 is 2.00 bits per heavy atom. The number of hydrogen-bond donors (Lipinski definition) is 1.